The molecule has 3 fully saturated rings. The van der Waals surface area contributed by atoms with Crippen LogP contribution >= 0.6 is 11.6 Å². The number of nitrogens with zero attached hydrogens (tertiary/aromatic N) is 5. The summed E-state index contributed by atoms with van der Waals surface area (Å²) in [5.74, 6) is 2.36. The Morgan fingerprint density at radius 3 is 2.73 bits per heavy atom. The third kappa shape index (κ3) is 4.97. The predicted octanol–water partition coefficient (Wildman–Crippen LogP) is 5.54. The van der Waals surface area contributed by atoms with Crippen molar-refractivity contribution in [2.75, 3.05) is 49.6 Å². The van der Waals surface area contributed by atoms with E-state index in [9.17, 15) is 4.79 Å². The van der Waals surface area contributed by atoms with E-state index in [4.69, 9.17) is 26.3 Å². The second-order valence-electron chi connectivity index (χ2n) is 12.1. The lowest BCUT2D eigenvalue weighted by atomic mass is 10.0. The first kappa shape index (κ1) is 26.7. The molecule has 4 heterocycles. The van der Waals surface area contributed by atoms with Crippen LogP contribution in [0.3, 0.4) is 0 Å². The van der Waals surface area contributed by atoms with E-state index < -0.39 is 0 Å². The molecule has 0 N–H and O–H groups in total. The summed E-state index contributed by atoms with van der Waals surface area (Å²) in [4.78, 5) is 29.9. The molecule has 1 saturated carbocycles. The molecule has 4 atom stereocenters. The molecule has 8 heteroatoms. The van der Waals surface area contributed by atoms with Crippen molar-refractivity contribution >= 4 is 39.7 Å². The number of hydrogen-bond donors (Lipinski definition) is 0. The van der Waals surface area contributed by atoms with Crippen molar-refractivity contribution in [3.8, 4) is 6.01 Å². The maximum atomic E-state index is 12.7. The van der Waals surface area contributed by atoms with Gasteiger partial charge in [0, 0.05) is 48.2 Å². The molecule has 1 unspecified atom stereocenters. The number of hydrogen-bond acceptors (Lipinski definition) is 7. The highest BCUT2D eigenvalue weighted by atomic mass is 35.5. The summed E-state index contributed by atoms with van der Waals surface area (Å²) < 4.78 is 6.32. The largest absolute Gasteiger partial charge is 0.462 e. The highest BCUT2D eigenvalue weighted by Gasteiger charge is 2.56. The molecule has 3 aliphatic heterocycles. The second-order valence-corrected chi connectivity index (χ2v) is 12.5. The molecule has 3 aromatic rings. The molecule has 1 aromatic heterocycles. The van der Waals surface area contributed by atoms with Gasteiger partial charge in [0.2, 0.25) is 0 Å². The molecular weight excluding hydrogens is 534 g/mol. The third-order valence-corrected chi connectivity index (χ3v) is 10.0. The first-order valence-corrected chi connectivity index (χ1v) is 15.5. The summed E-state index contributed by atoms with van der Waals surface area (Å²) in [6, 6.07) is 13.3. The number of aromatic nitrogens is 2. The number of piperidine rings is 1. The number of ether oxygens (including phenoxy) is 1. The standard InChI is InChI=1S/C33H38ClN5O2/c1-3-7-29(40)31-23-13-17-39(18-25(23)31)32-24-14-16-38(28-12-5-9-21-8-4-11-26(34)30(21)28)19-27(24)35-33(36-32)41-20-22-10-6-15-37(22)2/h3-5,7-9,11-12,22-23,25,31H,6,10,13-20H2,1-2H3/b7-3+/t22-,23+,25-,31?/m0/s1. The van der Waals surface area contributed by atoms with Crippen LogP contribution in [-0.2, 0) is 17.8 Å². The SMILES string of the molecule is C/C=C/C(=O)C1[C@H]2CN(c3nc(OC[C@@H]4CCCN4C)nc4c3CCN(c3cccc5cccc(Cl)c35)C4)CC[C@@H]12. The van der Waals surface area contributed by atoms with Crippen LogP contribution in [0.1, 0.15) is 37.4 Å². The molecule has 1 aliphatic carbocycles. The fourth-order valence-corrected chi connectivity index (χ4v) is 7.73. The van der Waals surface area contributed by atoms with Gasteiger partial charge in [0.25, 0.3) is 0 Å². The van der Waals surface area contributed by atoms with E-state index in [2.05, 4.69) is 46.0 Å². The fourth-order valence-electron chi connectivity index (χ4n) is 7.45. The Labute approximate surface area is 247 Å². The number of halogens is 1. The van der Waals surface area contributed by atoms with E-state index in [0.717, 1.165) is 78.4 Å². The van der Waals surface area contributed by atoms with Crippen LogP contribution in [-0.4, -0.2) is 66.5 Å². The highest BCUT2D eigenvalue weighted by molar-refractivity contribution is 6.36. The maximum absolute atomic E-state index is 12.7. The van der Waals surface area contributed by atoms with E-state index in [-0.39, 0.29) is 11.7 Å². The Hall–Kier alpha value is -3.16. The van der Waals surface area contributed by atoms with E-state index in [1.807, 2.05) is 25.1 Å². The number of ketones is 1. The minimum Gasteiger partial charge on any atom is -0.462 e. The predicted molar refractivity (Wildman–Crippen MR) is 164 cm³/mol. The number of carbonyl (C=O) groups is 1. The minimum absolute atomic E-state index is 0.161. The number of carbonyl (C=O) groups excluding carboxylic acids is 1. The topological polar surface area (TPSA) is 61.8 Å². The van der Waals surface area contributed by atoms with Crippen molar-refractivity contribution in [1.82, 2.24) is 14.9 Å². The Balaban J connectivity index is 1.20. The van der Waals surface area contributed by atoms with Gasteiger partial charge in [-0.05, 0) is 81.6 Å². The van der Waals surface area contributed by atoms with Crippen molar-refractivity contribution < 1.29 is 9.53 Å². The molecule has 4 aliphatic rings. The van der Waals surface area contributed by atoms with E-state index in [0.29, 0.717) is 37.0 Å². The van der Waals surface area contributed by atoms with Gasteiger partial charge in [-0.25, -0.2) is 0 Å². The van der Waals surface area contributed by atoms with Crippen LogP contribution < -0.4 is 14.5 Å². The monoisotopic (exact) mass is 571 g/mol. The lowest BCUT2D eigenvalue weighted by Gasteiger charge is -2.35. The summed E-state index contributed by atoms with van der Waals surface area (Å²) in [5, 5.41) is 3.00. The van der Waals surface area contributed by atoms with E-state index in [1.54, 1.807) is 6.08 Å². The molecule has 0 radical (unpaired) electrons. The van der Waals surface area contributed by atoms with Crippen molar-refractivity contribution in [3.63, 3.8) is 0 Å². The van der Waals surface area contributed by atoms with Crippen molar-refractivity contribution in [3.05, 3.63) is 64.8 Å². The van der Waals surface area contributed by atoms with Gasteiger partial charge >= 0.3 is 6.01 Å². The Kier molecular flexibility index (Phi) is 7.11. The van der Waals surface area contributed by atoms with Crippen LogP contribution in [0.25, 0.3) is 10.8 Å². The van der Waals surface area contributed by atoms with Gasteiger partial charge in [0.1, 0.15) is 12.4 Å². The molecule has 2 aromatic carbocycles. The van der Waals surface area contributed by atoms with Gasteiger partial charge in [-0.1, -0.05) is 41.9 Å². The van der Waals surface area contributed by atoms with Gasteiger partial charge in [-0.15, -0.1) is 0 Å². The normalized spacial score (nSPS) is 25.9. The molecule has 214 valence electrons. The number of likely N-dealkylation sites (tertiary alicyclic amines) is 1. The molecule has 2 saturated heterocycles. The van der Waals surface area contributed by atoms with Gasteiger partial charge in [-0.3, -0.25) is 4.79 Å². The fraction of sp³-hybridized carbons (Fsp3) is 0.485. The Morgan fingerprint density at radius 2 is 1.93 bits per heavy atom. The van der Waals surface area contributed by atoms with Gasteiger partial charge in [0.15, 0.2) is 5.78 Å². The molecule has 0 spiro atoms. The van der Waals surface area contributed by atoms with Gasteiger partial charge < -0.3 is 19.4 Å². The average molecular weight is 572 g/mol. The Bertz CT molecular complexity index is 1500. The van der Waals surface area contributed by atoms with E-state index in [1.165, 1.54) is 12.0 Å². The van der Waals surface area contributed by atoms with Crippen LogP contribution in [0, 0.1) is 17.8 Å². The van der Waals surface area contributed by atoms with Crippen LogP contribution in [0.5, 0.6) is 6.01 Å². The van der Waals surface area contributed by atoms with Crippen LogP contribution in [0.15, 0.2) is 48.6 Å². The summed E-state index contributed by atoms with van der Waals surface area (Å²) >= 11 is 6.71. The third-order valence-electron chi connectivity index (χ3n) is 9.73. The van der Waals surface area contributed by atoms with E-state index >= 15 is 0 Å². The molecule has 0 amide bonds. The van der Waals surface area contributed by atoms with Crippen molar-refractivity contribution in [1.29, 1.82) is 0 Å². The quantitative estimate of drug-likeness (QED) is 0.345. The molecule has 41 heavy (non-hydrogen) atoms. The lowest BCUT2D eigenvalue weighted by Crippen LogP contribution is -2.37. The second kappa shape index (κ2) is 10.9. The van der Waals surface area contributed by atoms with Crippen molar-refractivity contribution in [2.24, 2.45) is 17.8 Å². The number of anilines is 2. The number of likely N-dealkylation sites (N-methyl/N-ethyl adjacent to an activating group) is 1. The average Bonchev–Trinajstić information content (AvgIpc) is 3.57. The molecular formula is C33H38ClN5O2. The summed E-state index contributed by atoms with van der Waals surface area (Å²) in [6.07, 6.45) is 7.84. The maximum Gasteiger partial charge on any atom is 0.318 e. The lowest BCUT2D eigenvalue weighted by molar-refractivity contribution is -0.116. The minimum atomic E-state index is 0.161. The zero-order valence-electron chi connectivity index (χ0n) is 23.9. The molecule has 7 nitrogen and oxygen atoms in total. The number of fused-ring (bicyclic) bond motifs is 3. The Morgan fingerprint density at radius 1 is 1.07 bits per heavy atom. The summed E-state index contributed by atoms with van der Waals surface area (Å²) in [5.41, 5.74) is 3.38. The summed E-state index contributed by atoms with van der Waals surface area (Å²) in [6.45, 7) is 6.95. The van der Waals surface area contributed by atoms with Crippen LogP contribution in [0.4, 0.5) is 11.5 Å². The van der Waals surface area contributed by atoms with Gasteiger partial charge in [0.05, 0.1) is 17.3 Å². The van der Waals surface area contributed by atoms with Crippen molar-refractivity contribution in [2.45, 2.75) is 45.2 Å². The number of rotatable bonds is 7. The zero-order valence-corrected chi connectivity index (χ0v) is 24.7. The summed E-state index contributed by atoms with van der Waals surface area (Å²) in [7, 11) is 2.17. The molecule has 7 rings (SSSR count). The molecule has 0 bridgehead atoms. The van der Waals surface area contributed by atoms with Gasteiger partial charge in [-0.2, -0.15) is 9.97 Å². The number of benzene rings is 2. The number of allylic oxidation sites excluding steroid dienone is 2. The smallest absolute Gasteiger partial charge is 0.318 e. The first-order chi connectivity index (χ1) is 20.0. The zero-order chi connectivity index (χ0) is 28.1. The highest BCUT2D eigenvalue weighted by Crippen LogP contribution is 2.53. The van der Waals surface area contributed by atoms with Crippen LogP contribution in [0.2, 0.25) is 5.02 Å². The first-order valence-electron chi connectivity index (χ1n) is 15.1.